The lowest BCUT2D eigenvalue weighted by atomic mass is 9.73. The van der Waals surface area contributed by atoms with E-state index in [0.717, 1.165) is 12.5 Å². The van der Waals surface area contributed by atoms with Crippen LogP contribution in [0.3, 0.4) is 0 Å². The van der Waals surface area contributed by atoms with E-state index >= 15 is 0 Å². The predicted molar refractivity (Wildman–Crippen MR) is 72.0 cm³/mol. The first kappa shape index (κ1) is 13.4. The van der Waals surface area contributed by atoms with Gasteiger partial charge in [0.1, 0.15) is 0 Å². The van der Waals surface area contributed by atoms with Crippen LogP contribution in [0.1, 0.15) is 71.1 Å². The van der Waals surface area contributed by atoms with E-state index in [9.17, 15) is 0 Å². The molecule has 1 aliphatic heterocycles. The summed E-state index contributed by atoms with van der Waals surface area (Å²) in [5, 5.41) is 0. The van der Waals surface area contributed by atoms with Gasteiger partial charge in [-0.3, -0.25) is 0 Å². The molecule has 0 amide bonds. The van der Waals surface area contributed by atoms with E-state index < -0.39 is 0 Å². The van der Waals surface area contributed by atoms with Crippen LogP contribution >= 0.6 is 0 Å². The maximum Gasteiger partial charge on any atom is 0.0576 e. The van der Waals surface area contributed by atoms with E-state index in [4.69, 9.17) is 10.5 Å². The fourth-order valence-electron chi connectivity index (χ4n) is 3.52. The second-order valence-corrected chi connectivity index (χ2v) is 6.27. The van der Waals surface area contributed by atoms with Crippen molar-refractivity contribution >= 4 is 0 Å². The summed E-state index contributed by atoms with van der Waals surface area (Å²) < 4.78 is 5.69. The van der Waals surface area contributed by atoms with Gasteiger partial charge in [0.15, 0.2) is 0 Å². The van der Waals surface area contributed by atoms with Crippen LogP contribution in [-0.4, -0.2) is 18.2 Å². The minimum Gasteiger partial charge on any atom is -0.378 e. The van der Waals surface area contributed by atoms with Crippen molar-refractivity contribution in [3.05, 3.63) is 0 Å². The van der Waals surface area contributed by atoms with E-state index in [-0.39, 0.29) is 5.54 Å². The standard InChI is InChI=1S/C15H29NO/c1-2-4-13-6-9-15(16,10-7-13)11-8-14-5-3-12-17-14/h13-14H,2-12,16H2,1H3. The maximum atomic E-state index is 6.54. The molecule has 0 aromatic carbocycles. The molecule has 2 N–H and O–H groups in total. The molecule has 1 unspecified atom stereocenters. The molecule has 0 radical (unpaired) electrons. The number of ether oxygens (including phenoxy) is 1. The molecule has 2 aliphatic rings. The Labute approximate surface area is 106 Å². The number of hydrogen-bond donors (Lipinski definition) is 1. The highest BCUT2D eigenvalue weighted by molar-refractivity contribution is 4.90. The highest BCUT2D eigenvalue weighted by atomic mass is 16.5. The SMILES string of the molecule is CCCC1CCC(N)(CCC2CCCO2)CC1. The van der Waals surface area contributed by atoms with Crippen LogP contribution in [0.2, 0.25) is 0 Å². The van der Waals surface area contributed by atoms with Crippen molar-refractivity contribution in [2.45, 2.75) is 82.8 Å². The molecular formula is C15H29NO. The Morgan fingerprint density at radius 3 is 2.53 bits per heavy atom. The monoisotopic (exact) mass is 239 g/mol. The van der Waals surface area contributed by atoms with Crippen LogP contribution in [0.25, 0.3) is 0 Å². The Morgan fingerprint density at radius 2 is 1.94 bits per heavy atom. The molecule has 1 heterocycles. The third kappa shape index (κ3) is 3.96. The molecule has 100 valence electrons. The zero-order valence-corrected chi connectivity index (χ0v) is 11.4. The zero-order chi connectivity index (χ0) is 12.1. The summed E-state index contributed by atoms with van der Waals surface area (Å²) in [6.45, 7) is 3.27. The Balaban J connectivity index is 1.69. The van der Waals surface area contributed by atoms with Gasteiger partial charge in [-0.05, 0) is 57.3 Å². The number of hydrogen-bond acceptors (Lipinski definition) is 2. The van der Waals surface area contributed by atoms with E-state index in [0.29, 0.717) is 6.10 Å². The molecule has 0 spiro atoms. The van der Waals surface area contributed by atoms with Crippen molar-refractivity contribution in [1.82, 2.24) is 0 Å². The van der Waals surface area contributed by atoms with E-state index in [2.05, 4.69) is 6.92 Å². The third-order valence-corrected chi connectivity index (χ3v) is 4.79. The predicted octanol–water partition coefficient (Wildman–Crippen LogP) is 3.63. The molecule has 2 nitrogen and oxygen atoms in total. The third-order valence-electron chi connectivity index (χ3n) is 4.79. The van der Waals surface area contributed by atoms with E-state index in [1.54, 1.807) is 0 Å². The average Bonchev–Trinajstić information content (AvgIpc) is 2.84. The second kappa shape index (κ2) is 6.19. The van der Waals surface area contributed by atoms with Crippen LogP contribution in [0.5, 0.6) is 0 Å². The van der Waals surface area contributed by atoms with Crippen molar-refractivity contribution in [3.63, 3.8) is 0 Å². The lowest BCUT2D eigenvalue weighted by Crippen LogP contribution is -2.43. The molecule has 0 bridgehead atoms. The minimum atomic E-state index is 0.135. The van der Waals surface area contributed by atoms with E-state index in [1.165, 1.54) is 64.2 Å². The second-order valence-electron chi connectivity index (χ2n) is 6.27. The lowest BCUT2D eigenvalue weighted by molar-refractivity contribution is 0.0898. The van der Waals surface area contributed by atoms with Gasteiger partial charge in [-0.15, -0.1) is 0 Å². The minimum absolute atomic E-state index is 0.135. The summed E-state index contributed by atoms with van der Waals surface area (Å²) in [6.07, 6.45) is 13.3. The van der Waals surface area contributed by atoms with Crippen LogP contribution in [0.4, 0.5) is 0 Å². The van der Waals surface area contributed by atoms with Gasteiger partial charge in [-0.1, -0.05) is 19.8 Å². The highest BCUT2D eigenvalue weighted by Crippen LogP contribution is 2.36. The molecule has 1 atom stereocenters. The van der Waals surface area contributed by atoms with Crippen molar-refractivity contribution in [2.24, 2.45) is 11.7 Å². The van der Waals surface area contributed by atoms with Gasteiger partial charge < -0.3 is 10.5 Å². The first-order chi connectivity index (χ1) is 8.22. The molecule has 17 heavy (non-hydrogen) atoms. The Kier molecular flexibility index (Phi) is 4.87. The van der Waals surface area contributed by atoms with Crippen molar-refractivity contribution in [2.75, 3.05) is 6.61 Å². The van der Waals surface area contributed by atoms with Gasteiger partial charge in [0, 0.05) is 12.1 Å². The van der Waals surface area contributed by atoms with E-state index in [1.807, 2.05) is 0 Å². The quantitative estimate of drug-likeness (QED) is 0.795. The van der Waals surface area contributed by atoms with Gasteiger partial charge in [-0.25, -0.2) is 0 Å². The van der Waals surface area contributed by atoms with Gasteiger partial charge in [-0.2, -0.15) is 0 Å². The van der Waals surface area contributed by atoms with Crippen LogP contribution in [0, 0.1) is 5.92 Å². The molecule has 0 aromatic heterocycles. The first-order valence-electron chi connectivity index (χ1n) is 7.62. The Hall–Kier alpha value is -0.0800. The highest BCUT2D eigenvalue weighted by Gasteiger charge is 2.32. The summed E-state index contributed by atoms with van der Waals surface area (Å²) in [6, 6.07) is 0. The summed E-state index contributed by atoms with van der Waals surface area (Å²) in [7, 11) is 0. The van der Waals surface area contributed by atoms with Crippen LogP contribution < -0.4 is 5.73 Å². The molecular weight excluding hydrogens is 210 g/mol. The Bertz CT molecular complexity index is 215. The average molecular weight is 239 g/mol. The molecule has 2 fully saturated rings. The molecule has 2 rings (SSSR count). The van der Waals surface area contributed by atoms with Gasteiger partial charge in [0.05, 0.1) is 6.10 Å². The molecule has 1 aliphatic carbocycles. The van der Waals surface area contributed by atoms with Gasteiger partial charge in [0.25, 0.3) is 0 Å². The lowest BCUT2D eigenvalue weighted by Gasteiger charge is -2.37. The summed E-state index contributed by atoms with van der Waals surface area (Å²) in [5.74, 6) is 0.958. The number of nitrogens with two attached hydrogens (primary N) is 1. The normalized spacial score (nSPS) is 38.5. The summed E-state index contributed by atoms with van der Waals surface area (Å²) in [4.78, 5) is 0. The van der Waals surface area contributed by atoms with Crippen molar-refractivity contribution in [1.29, 1.82) is 0 Å². The van der Waals surface area contributed by atoms with Crippen molar-refractivity contribution < 1.29 is 4.74 Å². The molecule has 1 saturated carbocycles. The molecule has 1 saturated heterocycles. The molecule has 2 heteroatoms. The van der Waals surface area contributed by atoms with Gasteiger partial charge >= 0.3 is 0 Å². The largest absolute Gasteiger partial charge is 0.378 e. The first-order valence-corrected chi connectivity index (χ1v) is 7.62. The summed E-state index contributed by atoms with van der Waals surface area (Å²) in [5.41, 5.74) is 6.68. The van der Waals surface area contributed by atoms with Crippen LogP contribution in [0.15, 0.2) is 0 Å². The molecule has 0 aromatic rings. The summed E-state index contributed by atoms with van der Waals surface area (Å²) >= 11 is 0. The smallest absolute Gasteiger partial charge is 0.0576 e. The van der Waals surface area contributed by atoms with Crippen molar-refractivity contribution in [3.8, 4) is 0 Å². The number of rotatable bonds is 5. The fraction of sp³-hybridized carbons (Fsp3) is 1.00. The fourth-order valence-corrected chi connectivity index (χ4v) is 3.52. The Morgan fingerprint density at radius 1 is 1.18 bits per heavy atom. The maximum absolute atomic E-state index is 6.54. The van der Waals surface area contributed by atoms with Gasteiger partial charge in [0.2, 0.25) is 0 Å². The van der Waals surface area contributed by atoms with Crippen LogP contribution in [-0.2, 0) is 4.74 Å². The topological polar surface area (TPSA) is 35.2 Å². The zero-order valence-electron chi connectivity index (χ0n) is 11.4.